The molecule has 6 nitrogen and oxygen atoms in total. The fraction of sp³-hybridized carbons (Fsp3) is 0.286. The Morgan fingerprint density at radius 2 is 1.97 bits per heavy atom. The van der Waals surface area contributed by atoms with Gasteiger partial charge in [-0.15, -0.1) is 0 Å². The zero-order valence-corrected chi connectivity index (χ0v) is 17.3. The van der Waals surface area contributed by atoms with Crippen LogP contribution in [-0.2, 0) is 9.59 Å². The highest BCUT2D eigenvalue weighted by Crippen LogP contribution is 2.32. The minimum Gasteiger partial charge on any atom is -0.497 e. The Morgan fingerprint density at radius 3 is 2.60 bits per heavy atom. The number of ether oxygens (including phenoxy) is 1. The normalized spacial score (nSPS) is 17.5. The number of aliphatic imine (C=N–C) groups is 1. The summed E-state index contributed by atoms with van der Waals surface area (Å²) in [5.74, 6) is -1.66. The van der Waals surface area contributed by atoms with Gasteiger partial charge in [-0.25, -0.2) is 13.8 Å². The van der Waals surface area contributed by atoms with Crippen LogP contribution in [0, 0.1) is 11.6 Å². The number of hydrogen-bond acceptors (Lipinski definition) is 5. The first-order valence-corrected chi connectivity index (χ1v) is 10.2. The van der Waals surface area contributed by atoms with Gasteiger partial charge in [0.1, 0.15) is 22.6 Å². The van der Waals surface area contributed by atoms with Crippen LogP contribution < -0.4 is 10.1 Å². The molecule has 0 spiro atoms. The number of hydrogen-bond donors (Lipinski definition) is 1. The number of carbonyl (C=O) groups is 2. The Morgan fingerprint density at radius 1 is 1.23 bits per heavy atom. The van der Waals surface area contributed by atoms with Crippen LogP contribution in [0.4, 0.5) is 20.2 Å². The van der Waals surface area contributed by atoms with E-state index in [1.807, 2.05) is 6.92 Å². The molecule has 1 aliphatic heterocycles. The lowest BCUT2D eigenvalue weighted by molar-refractivity contribution is -0.128. The molecule has 1 heterocycles. The number of benzene rings is 2. The highest BCUT2D eigenvalue weighted by molar-refractivity contribution is 8.15. The van der Waals surface area contributed by atoms with E-state index in [4.69, 9.17) is 4.74 Å². The van der Waals surface area contributed by atoms with Crippen molar-refractivity contribution in [2.45, 2.75) is 25.0 Å². The van der Waals surface area contributed by atoms with E-state index >= 15 is 0 Å². The van der Waals surface area contributed by atoms with Gasteiger partial charge in [0.2, 0.25) is 11.8 Å². The maximum Gasteiger partial charge on any atom is 0.242 e. The number of nitrogens with zero attached hydrogens (tertiary/aromatic N) is 2. The first-order valence-electron chi connectivity index (χ1n) is 9.37. The molecule has 2 aromatic rings. The van der Waals surface area contributed by atoms with Gasteiger partial charge in [-0.1, -0.05) is 18.7 Å². The number of amidine groups is 1. The average Bonchev–Trinajstić information content (AvgIpc) is 3.00. The molecule has 0 aliphatic carbocycles. The molecule has 3 rings (SSSR count). The van der Waals surface area contributed by atoms with Gasteiger partial charge in [-0.05, 0) is 42.8 Å². The van der Waals surface area contributed by atoms with Crippen molar-refractivity contribution in [3.8, 4) is 5.75 Å². The van der Waals surface area contributed by atoms with Crippen molar-refractivity contribution in [2.24, 2.45) is 4.99 Å². The SMILES string of the molecule is CCCN1C(=O)C(CC(=O)Nc2ccc(F)cc2F)SC1=Nc1ccc(OC)cc1. The third-order valence-corrected chi connectivity index (χ3v) is 5.52. The van der Waals surface area contributed by atoms with Gasteiger partial charge in [-0.3, -0.25) is 14.5 Å². The lowest BCUT2D eigenvalue weighted by Crippen LogP contribution is -2.34. The third-order valence-electron chi connectivity index (χ3n) is 4.34. The fourth-order valence-corrected chi connectivity index (χ4v) is 4.07. The average molecular weight is 433 g/mol. The van der Waals surface area contributed by atoms with Crippen LogP contribution in [0.5, 0.6) is 5.75 Å². The number of thioether (sulfide) groups is 1. The molecule has 0 saturated carbocycles. The molecule has 158 valence electrons. The predicted octanol–water partition coefficient (Wildman–Crippen LogP) is 4.34. The monoisotopic (exact) mass is 433 g/mol. The van der Waals surface area contributed by atoms with E-state index in [2.05, 4.69) is 10.3 Å². The molecule has 1 fully saturated rings. The van der Waals surface area contributed by atoms with Crippen molar-refractivity contribution >= 4 is 40.1 Å². The number of anilines is 1. The minimum atomic E-state index is -0.872. The van der Waals surface area contributed by atoms with Gasteiger partial charge in [0, 0.05) is 19.0 Å². The van der Waals surface area contributed by atoms with Crippen molar-refractivity contribution in [3.63, 3.8) is 0 Å². The molecule has 1 unspecified atom stereocenters. The van der Waals surface area contributed by atoms with E-state index in [-0.39, 0.29) is 18.0 Å². The van der Waals surface area contributed by atoms with Crippen LogP contribution >= 0.6 is 11.8 Å². The topological polar surface area (TPSA) is 71.0 Å². The Kier molecular flexibility index (Phi) is 7.04. The lowest BCUT2D eigenvalue weighted by Gasteiger charge is -2.15. The molecule has 1 atom stereocenters. The van der Waals surface area contributed by atoms with Crippen molar-refractivity contribution < 1.29 is 23.1 Å². The summed E-state index contributed by atoms with van der Waals surface area (Å²) in [6, 6.07) is 9.98. The van der Waals surface area contributed by atoms with Gasteiger partial charge in [0.25, 0.3) is 0 Å². The summed E-state index contributed by atoms with van der Waals surface area (Å²) in [4.78, 5) is 31.2. The zero-order valence-electron chi connectivity index (χ0n) is 16.5. The summed E-state index contributed by atoms with van der Waals surface area (Å²) in [5, 5.41) is 2.23. The minimum absolute atomic E-state index is 0.130. The number of methoxy groups -OCH3 is 1. The molecule has 2 amide bonds. The van der Waals surface area contributed by atoms with Crippen LogP contribution in [-0.4, -0.2) is 40.8 Å². The summed E-state index contributed by atoms with van der Waals surface area (Å²) in [5.41, 5.74) is 0.528. The second kappa shape index (κ2) is 9.71. The molecule has 2 aromatic carbocycles. The zero-order chi connectivity index (χ0) is 21.7. The van der Waals surface area contributed by atoms with Crippen LogP contribution in [0.3, 0.4) is 0 Å². The Bertz CT molecular complexity index is 966. The Balaban J connectivity index is 1.72. The molecular weight excluding hydrogens is 412 g/mol. The number of rotatable bonds is 7. The van der Waals surface area contributed by atoms with E-state index in [9.17, 15) is 18.4 Å². The summed E-state index contributed by atoms with van der Waals surface area (Å²) < 4.78 is 31.9. The number of nitrogens with one attached hydrogen (secondary N) is 1. The smallest absolute Gasteiger partial charge is 0.242 e. The van der Waals surface area contributed by atoms with Crippen LogP contribution in [0.1, 0.15) is 19.8 Å². The molecule has 1 saturated heterocycles. The molecule has 0 bridgehead atoms. The molecular formula is C21H21F2N3O3S. The largest absolute Gasteiger partial charge is 0.497 e. The van der Waals surface area contributed by atoms with Gasteiger partial charge in [-0.2, -0.15) is 0 Å². The first kappa shape index (κ1) is 21.8. The third kappa shape index (κ3) is 5.15. The Hall–Kier alpha value is -2.94. The number of amides is 2. The van der Waals surface area contributed by atoms with Gasteiger partial charge in [0.05, 0.1) is 18.5 Å². The van der Waals surface area contributed by atoms with Crippen LogP contribution in [0.2, 0.25) is 0 Å². The highest BCUT2D eigenvalue weighted by Gasteiger charge is 2.38. The van der Waals surface area contributed by atoms with Crippen molar-refractivity contribution in [1.82, 2.24) is 4.90 Å². The van der Waals surface area contributed by atoms with E-state index < -0.39 is 22.8 Å². The first-order chi connectivity index (χ1) is 14.4. The predicted molar refractivity (Wildman–Crippen MR) is 113 cm³/mol. The van der Waals surface area contributed by atoms with Crippen molar-refractivity contribution in [3.05, 3.63) is 54.1 Å². The lowest BCUT2D eigenvalue weighted by atomic mass is 10.2. The van der Waals surface area contributed by atoms with E-state index in [1.54, 1.807) is 36.3 Å². The fourth-order valence-electron chi connectivity index (χ4n) is 2.88. The maximum absolute atomic E-state index is 13.8. The van der Waals surface area contributed by atoms with Crippen LogP contribution in [0.25, 0.3) is 0 Å². The summed E-state index contributed by atoms with van der Waals surface area (Å²) >= 11 is 1.20. The maximum atomic E-state index is 13.8. The molecule has 0 aromatic heterocycles. The molecule has 1 aliphatic rings. The van der Waals surface area contributed by atoms with E-state index in [0.29, 0.717) is 29.2 Å². The summed E-state index contributed by atoms with van der Waals surface area (Å²) in [7, 11) is 1.57. The standard InChI is InChI=1S/C21H21F2N3O3S/c1-3-10-26-20(28)18(12-19(27)25-17-9-4-13(22)11-16(17)23)30-21(26)24-14-5-7-15(29-2)8-6-14/h4-9,11,18H,3,10,12H2,1-2H3,(H,25,27). The van der Waals surface area contributed by atoms with Crippen molar-refractivity contribution in [2.75, 3.05) is 19.0 Å². The van der Waals surface area contributed by atoms with Crippen molar-refractivity contribution in [1.29, 1.82) is 0 Å². The Labute approximate surface area is 177 Å². The molecule has 30 heavy (non-hydrogen) atoms. The van der Waals surface area contributed by atoms with Gasteiger partial charge >= 0.3 is 0 Å². The molecule has 0 radical (unpaired) electrons. The second-order valence-corrected chi connectivity index (χ2v) is 7.74. The quantitative estimate of drug-likeness (QED) is 0.705. The van der Waals surface area contributed by atoms with Gasteiger partial charge < -0.3 is 10.1 Å². The van der Waals surface area contributed by atoms with Crippen LogP contribution in [0.15, 0.2) is 47.5 Å². The van der Waals surface area contributed by atoms with E-state index in [1.165, 1.54) is 11.8 Å². The number of carbonyl (C=O) groups excluding carboxylic acids is 2. The summed E-state index contributed by atoms with van der Waals surface area (Å²) in [6.45, 7) is 2.42. The number of halogens is 2. The van der Waals surface area contributed by atoms with E-state index in [0.717, 1.165) is 18.6 Å². The summed E-state index contributed by atoms with van der Waals surface area (Å²) in [6.07, 6.45) is 0.579. The highest BCUT2D eigenvalue weighted by atomic mass is 32.2. The van der Waals surface area contributed by atoms with Gasteiger partial charge in [0.15, 0.2) is 5.17 Å². The second-order valence-electron chi connectivity index (χ2n) is 6.57. The molecule has 1 N–H and O–H groups in total. The molecule has 9 heteroatoms.